The lowest BCUT2D eigenvalue weighted by Gasteiger charge is -2.19. The van der Waals surface area contributed by atoms with E-state index in [-0.39, 0.29) is 51.5 Å². The van der Waals surface area contributed by atoms with Gasteiger partial charge in [0, 0.05) is 18.9 Å². The number of aliphatic carboxylic acids is 2. The number of amides is 2. The number of ether oxygens (including phenoxy) is 7. The molecule has 0 fully saturated rings. The van der Waals surface area contributed by atoms with E-state index in [0.29, 0.717) is 66.1 Å². The van der Waals surface area contributed by atoms with Crippen LogP contribution >= 0.6 is 0 Å². The van der Waals surface area contributed by atoms with E-state index in [2.05, 4.69) is 10.6 Å². The van der Waals surface area contributed by atoms with Gasteiger partial charge < -0.3 is 54.0 Å². The van der Waals surface area contributed by atoms with E-state index in [1.807, 2.05) is 48.5 Å². The van der Waals surface area contributed by atoms with E-state index in [0.717, 1.165) is 22.3 Å². The third kappa shape index (κ3) is 15.6. The number of carboxylic acids is 2. The van der Waals surface area contributed by atoms with Crippen LogP contribution in [0.2, 0.25) is 0 Å². The predicted molar refractivity (Wildman–Crippen MR) is 179 cm³/mol. The van der Waals surface area contributed by atoms with Crippen LogP contribution in [0.4, 0.5) is 4.79 Å². The molecule has 15 heteroatoms. The third-order valence-electron chi connectivity index (χ3n) is 7.47. The number of hydrogen-bond acceptors (Lipinski definition) is 11. The molecular weight excluding hydrogens is 656 g/mol. The smallest absolute Gasteiger partial charge is 0.407 e. The fourth-order valence-electron chi connectivity index (χ4n) is 5.05. The highest BCUT2D eigenvalue weighted by atomic mass is 16.6. The van der Waals surface area contributed by atoms with E-state index < -0.39 is 30.0 Å². The third-order valence-corrected chi connectivity index (χ3v) is 7.47. The number of carboxylic acid groups (broad SMARTS) is 2. The second-order valence-electron chi connectivity index (χ2n) is 11.1. The summed E-state index contributed by atoms with van der Waals surface area (Å²) >= 11 is 0. The van der Waals surface area contributed by atoms with Crippen molar-refractivity contribution in [2.45, 2.75) is 31.2 Å². The van der Waals surface area contributed by atoms with Gasteiger partial charge in [-0.15, -0.1) is 0 Å². The van der Waals surface area contributed by atoms with Crippen molar-refractivity contribution in [3.05, 3.63) is 59.7 Å². The fourth-order valence-corrected chi connectivity index (χ4v) is 5.05. The number of nitrogens with one attached hydrogen (secondary N) is 2. The first kappa shape index (κ1) is 40.3. The first-order chi connectivity index (χ1) is 24.4. The maximum atomic E-state index is 12.8. The molecule has 0 spiro atoms. The zero-order chi connectivity index (χ0) is 35.8. The molecular formula is C35H48N2O13. The summed E-state index contributed by atoms with van der Waals surface area (Å²) in [6, 6.07) is 14.8. The molecule has 15 nitrogen and oxygen atoms in total. The molecule has 1 aliphatic rings. The highest BCUT2D eigenvalue weighted by molar-refractivity contribution is 5.86. The first-order valence-electron chi connectivity index (χ1n) is 16.7. The van der Waals surface area contributed by atoms with Crippen LogP contribution in [0.1, 0.15) is 36.3 Å². The number of rotatable bonds is 28. The zero-order valence-electron chi connectivity index (χ0n) is 28.2. The molecule has 0 aromatic heterocycles. The lowest BCUT2D eigenvalue weighted by Crippen LogP contribution is -2.48. The van der Waals surface area contributed by atoms with Crippen molar-refractivity contribution in [1.82, 2.24) is 10.6 Å². The van der Waals surface area contributed by atoms with Crippen molar-refractivity contribution in [1.29, 1.82) is 0 Å². The van der Waals surface area contributed by atoms with Crippen molar-refractivity contribution in [3.8, 4) is 11.1 Å². The van der Waals surface area contributed by atoms with Gasteiger partial charge in [-0.3, -0.25) is 14.4 Å². The van der Waals surface area contributed by atoms with Gasteiger partial charge >= 0.3 is 18.0 Å². The van der Waals surface area contributed by atoms with Crippen LogP contribution in [0.25, 0.3) is 11.1 Å². The van der Waals surface area contributed by atoms with Gasteiger partial charge in [0.2, 0.25) is 5.91 Å². The summed E-state index contributed by atoms with van der Waals surface area (Å²) in [6.45, 7) is 4.29. The molecule has 0 radical (unpaired) electrons. The average molecular weight is 705 g/mol. The molecule has 3 rings (SSSR count). The van der Waals surface area contributed by atoms with Crippen molar-refractivity contribution >= 4 is 23.9 Å². The lowest BCUT2D eigenvalue weighted by molar-refractivity contribution is -0.139. The van der Waals surface area contributed by atoms with Gasteiger partial charge in [-0.1, -0.05) is 48.5 Å². The Morgan fingerprint density at radius 1 is 0.600 bits per heavy atom. The molecule has 0 bridgehead atoms. The summed E-state index contributed by atoms with van der Waals surface area (Å²) in [4.78, 5) is 47.0. The fraction of sp³-hybridized carbons (Fsp3) is 0.543. The van der Waals surface area contributed by atoms with Gasteiger partial charge in [-0.2, -0.15) is 0 Å². The van der Waals surface area contributed by atoms with Gasteiger partial charge in [0.05, 0.1) is 85.7 Å². The number of alkyl carbamates (subject to hydrolysis) is 1. The maximum absolute atomic E-state index is 12.8. The summed E-state index contributed by atoms with van der Waals surface area (Å²) in [7, 11) is 0. The highest BCUT2D eigenvalue weighted by Crippen LogP contribution is 2.44. The number of carbonyl (C=O) groups is 4. The molecule has 0 heterocycles. The molecule has 2 aromatic rings. The molecule has 1 aliphatic carbocycles. The van der Waals surface area contributed by atoms with Gasteiger partial charge in [-0.05, 0) is 28.7 Å². The molecule has 0 saturated heterocycles. The highest BCUT2D eigenvalue weighted by Gasteiger charge is 2.30. The van der Waals surface area contributed by atoms with Crippen LogP contribution in [0.5, 0.6) is 0 Å². The molecule has 0 unspecified atom stereocenters. The Bertz CT molecular complexity index is 1280. The average Bonchev–Trinajstić information content (AvgIpc) is 3.43. The van der Waals surface area contributed by atoms with Crippen molar-refractivity contribution in [2.24, 2.45) is 0 Å². The van der Waals surface area contributed by atoms with Crippen LogP contribution in [0.15, 0.2) is 48.5 Å². The number of benzene rings is 2. The summed E-state index contributed by atoms with van der Waals surface area (Å²) < 4.78 is 37.7. The predicted octanol–water partition coefficient (Wildman–Crippen LogP) is 2.45. The maximum Gasteiger partial charge on any atom is 0.407 e. The van der Waals surface area contributed by atoms with Crippen LogP contribution in [-0.4, -0.2) is 133 Å². The Hall–Kier alpha value is -4.12. The summed E-state index contributed by atoms with van der Waals surface area (Å²) in [5.41, 5.74) is 4.29. The van der Waals surface area contributed by atoms with Crippen molar-refractivity contribution in [3.63, 3.8) is 0 Å². The van der Waals surface area contributed by atoms with Crippen LogP contribution in [0.3, 0.4) is 0 Å². The Morgan fingerprint density at radius 3 is 1.52 bits per heavy atom. The molecule has 4 N–H and O–H groups in total. The first-order valence-corrected chi connectivity index (χ1v) is 16.7. The summed E-state index contributed by atoms with van der Waals surface area (Å²) in [6.07, 6.45) is -1.24. The van der Waals surface area contributed by atoms with Gasteiger partial charge in [-0.25, -0.2) is 4.79 Å². The Balaban J connectivity index is 1.19. The molecule has 0 aliphatic heterocycles. The SMILES string of the molecule is O=C(O)CCOCCOCCOCCOCCOCCOCCNC(=O)[C@H](CCC(=O)O)NC(=O)OCC1c2ccccc2-c2ccccc21. The van der Waals surface area contributed by atoms with Gasteiger partial charge in [0.15, 0.2) is 0 Å². The number of hydrogen-bond donors (Lipinski definition) is 4. The largest absolute Gasteiger partial charge is 0.481 e. The van der Waals surface area contributed by atoms with E-state index in [9.17, 15) is 19.2 Å². The van der Waals surface area contributed by atoms with Gasteiger partial charge in [0.25, 0.3) is 0 Å². The summed E-state index contributed by atoms with van der Waals surface area (Å²) in [5.74, 6) is -2.67. The second-order valence-corrected chi connectivity index (χ2v) is 11.1. The van der Waals surface area contributed by atoms with Crippen LogP contribution < -0.4 is 10.6 Å². The van der Waals surface area contributed by atoms with Crippen LogP contribution in [-0.2, 0) is 47.5 Å². The Labute approximate surface area is 291 Å². The van der Waals surface area contributed by atoms with Crippen molar-refractivity contribution < 1.29 is 62.5 Å². The van der Waals surface area contributed by atoms with E-state index in [4.69, 9.17) is 43.4 Å². The van der Waals surface area contributed by atoms with Gasteiger partial charge in [0.1, 0.15) is 12.6 Å². The minimum absolute atomic E-state index is 0.0287. The quantitative estimate of drug-likeness (QED) is 0.0944. The molecule has 2 amide bonds. The monoisotopic (exact) mass is 704 g/mol. The minimum atomic E-state index is -1.09. The second kappa shape index (κ2) is 24.1. The summed E-state index contributed by atoms with van der Waals surface area (Å²) in [5, 5.41) is 22.8. The van der Waals surface area contributed by atoms with E-state index >= 15 is 0 Å². The lowest BCUT2D eigenvalue weighted by atomic mass is 9.98. The zero-order valence-corrected chi connectivity index (χ0v) is 28.2. The Morgan fingerprint density at radius 2 is 1.04 bits per heavy atom. The van der Waals surface area contributed by atoms with Crippen LogP contribution in [0, 0.1) is 0 Å². The number of carbonyl (C=O) groups excluding carboxylic acids is 2. The minimum Gasteiger partial charge on any atom is -0.481 e. The standard InChI is InChI=1S/C35H48N2O13/c38-32(39)10-9-31(37-35(43)50-25-30-28-7-3-1-5-26(28)27-6-2-4-8-29(27)30)34(42)36-12-14-45-16-18-47-20-22-49-24-23-48-21-19-46-17-15-44-13-11-33(40)41/h1-8,30-31H,9-25H2,(H,36,42)(H,37,43)(H,38,39)(H,40,41)/t31-/m0/s1. The molecule has 0 saturated carbocycles. The molecule has 1 atom stereocenters. The van der Waals surface area contributed by atoms with E-state index in [1.165, 1.54) is 0 Å². The molecule has 2 aromatic carbocycles. The Kier molecular flexibility index (Phi) is 19.4. The normalized spacial score (nSPS) is 12.6. The topological polar surface area (TPSA) is 197 Å². The van der Waals surface area contributed by atoms with Crippen molar-refractivity contribution in [2.75, 3.05) is 92.4 Å². The molecule has 276 valence electrons. The van der Waals surface area contributed by atoms with E-state index in [1.54, 1.807) is 0 Å². The molecule has 50 heavy (non-hydrogen) atoms. The number of fused-ring (bicyclic) bond motifs is 3.